The van der Waals surface area contributed by atoms with Crippen molar-refractivity contribution in [2.24, 2.45) is 0 Å². The number of amides is 1. The highest BCUT2D eigenvalue weighted by Crippen LogP contribution is 2.17. The van der Waals surface area contributed by atoms with Gasteiger partial charge in [-0.05, 0) is 42.7 Å². The molecule has 0 aromatic heterocycles. The molecule has 3 rings (SSSR count). The van der Waals surface area contributed by atoms with Crippen molar-refractivity contribution in [3.05, 3.63) is 65.5 Å². The molecule has 0 radical (unpaired) electrons. The Labute approximate surface area is 140 Å². The Morgan fingerprint density at radius 1 is 1.17 bits per heavy atom. The lowest BCUT2D eigenvalue weighted by Gasteiger charge is -2.29. The van der Waals surface area contributed by atoms with Gasteiger partial charge in [0.05, 0.1) is 6.10 Å². The molecule has 1 aliphatic rings. The van der Waals surface area contributed by atoms with Crippen LogP contribution >= 0.6 is 0 Å². The van der Waals surface area contributed by atoms with Gasteiger partial charge >= 0.3 is 0 Å². The highest BCUT2D eigenvalue weighted by molar-refractivity contribution is 5.94. The number of carbonyl (C=O) groups excluding carboxylic acids is 1. The van der Waals surface area contributed by atoms with Gasteiger partial charge in [0.15, 0.2) is 0 Å². The van der Waals surface area contributed by atoms with E-state index in [1.807, 2.05) is 12.1 Å². The van der Waals surface area contributed by atoms with E-state index in [4.69, 9.17) is 4.74 Å². The molecule has 1 fully saturated rings. The minimum Gasteiger partial charge on any atom is -0.489 e. The Kier molecular flexibility index (Phi) is 5.11. The fourth-order valence-corrected chi connectivity index (χ4v) is 2.77. The average molecular weight is 329 g/mol. The van der Waals surface area contributed by atoms with Crippen molar-refractivity contribution in [3.8, 4) is 5.75 Å². The Hall–Kier alpha value is -2.40. The Bertz CT molecular complexity index is 711. The van der Waals surface area contributed by atoms with E-state index in [-0.39, 0.29) is 24.4 Å². The van der Waals surface area contributed by atoms with Crippen LogP contribution in [-0.4, -0.2) is 35.1 Å². The van der Waals surface area contributed by atoms with E-state index in [1.54, 1.807) is 29.2 Å². The van der Waals surface area contributed by atoms with Crippen molar-refractivity contribution in [2.45, 2.75) is 25.6 Å². The summed E-state index contributed by atoms with van der Waals surface area (Å²) in [5.41, 5.74) is 1.45. The molecule has 4 nitrogen and oxygen atoms in total. The zero-order valence-electron chi connectivity index (χ0n) is 13.3. The lowest BCUT2D eigenvalue weighted by Crippen LogP contribution is -2.40. The molecule has 0 aliphatic carbocycles. The summed E-state index contributed by atoms with van der Waals surface area (Å²) in [5, 5.41) is 9.54. The summed E-state index contributed by atoms with van der Waals surface area (Å²) < 4.78 is 18.7. The first-order valence-electron chi connectivity index (χ1n) is 8.06. The van der Waals surface area contributed by atoms with Crippen LogP contribution in [0, 0.1) is 5.82 Å². The van der Waals surface area contributed by atoms with E-state index in [0.29, 0.717) is 37.2 Å². The van der Waals surface area contributed by atoms with Crippen LogP contribution in [0.5, 0.6) is 5.75 Å². The molecule has 1 N–H and O–H groups in total. The number of hydrogen-bond acceptors (Lipinski definition) is 3. The molecule has 2 aromatic rings. The third-order valence-electron chi connectivity index (χ3n) is 4.13. The maximum absolute atomic E-state index is 13.1. The summed E-state index contributed by atoms with van der Waals surface area (Å²) in [5.74, 6) is 0.0787. The van der Waals surface area contributed by atoms with E-state index in [2.05, 4.69) is 0 Å². The highest BCUT2D eigenvalue weighted by Gasteiger charge is 2.22. The number of nitrogens with zero attached hydrogens (tertiary/aromatic N) is 1. The van der Waals surface area contributed by atoms with E-state index in [0.717, 1.165) is 5.56 Å². The van der Waals surface area contributed by atoms with Gasteiger partial charge in [-0.15, -0.1) is 0 Å². The fourth-order valence-electron chi connectivity index (χ4n) is 2.77. The number of ether oxygens (including phenoxy) is 1. The van der Waals surface area contributed by atoms with Crippen molar-refractivity contribution in [3.63, 3.8) is 0 Å². The van der Waals surface area contributed by atoms with Crippen LogP contribution < -0.4 is 4.74 Å². The third-order valence-corrected chi connectivity index (χ3v) is 4.13. The van der Waals surface area contributed by atoms with Crippen LogP contribution in [0.2, 0.25) is 0 Å². The number of likely N-dealkylation sites (tertiary alicyclic amines) is 1. The van der Waals surface area contributed by atoms with E-state index in [1.165, 1.54) is 12.1 Å². The number of halogens is 1. The molecule has 0 bridgehead atoms. The van der Waals surface area contributed by atoms with Crippen LogP contribution in [0.25, 0.3) is 0 Å². The Morgan fingerprint density at radius 2 is 1.92 bits per heavy atom. The molecule has 1 saturated heterocycles. The molecule has 1 aliphatic heterocycles. The smallest absolute Gasteiger partial charge is 0.253 e. The van der Waals surface area contributed by atoms with Gasteiger partial charge in [0, 0.05) is 24.7 Å². The quantitative estimate of drug-likeness (QED) is 0.938. The van der Waals surface area contributed by atoms with E-state index in [9.17, 15) is 14.3 Å². The largest absolute Gasteiger partial charge is 0.489 e. The van der Waals surface area contributed by atoms with E-state index >= 15 is 0 Å². The minimum absolute atomic E-state index is 0.0329. The number of piperidine rings is 1. The van der Waals surface area contributed by atoms with Gasteiger partial charge in [-0.2, -0.15) is 0 Å². The standard InChI is InChI=1S/C19H20FNO3/c20-16-5-2-6-18(12-16)24-13-14-3-1-4-15(11-14)19(23)21-9-7-17(22)8-10-21/h1-6,11-12,17,22H,7-10,13H2. The van der Waals surface area contributed by atoms with Crippen molar-refractivity contribution < 1.29 is 19.0 Å². The second-order valence-corrected chi connectivity index (χ2v) is 5.97. The topological polar surface area (TPSA) is 49.8 Å². The molecule has 0 spiro atoms. The van der Waals surface area contributed by atoms with E-state index < -0.39 is 0 Å². The number of rotatable bonds is 4. The van der Waals surface area contributed by atoms with Crippen molar-refractivity contribution in [2.75, 3.05) is 13.1 Å². The van der Waals surface area contributed by atoms with Crippen LogP contribution in [0.4, 0.5) is 4.39 Å². The lowest BCUT2D eigenvalue weighted by atomic mass is 10.1. The van der Waals surface area contributed by atoms with Crippen molar-refractivity contribution >= 4 is 5.91 Å². The van der Waals surface area contributed by atoms with Gasteiger partial charge in [-0.3, -0.25) is 4.79 Å². The van der Waals surface area contributed by atoms with Gasteiger partial charge in [0.25, 0.3) is 5.91 Å². The molecular formula is C19H20FNO3. The molecule has 0 unspecified atom stereocenters. The molecule has 1 heterocycles. The first-order valence-corrected chi connectivity index (χ1v) is 8.06. The third kappa shape index (κ3) is 4.11. The van der Waals surface area contributed by atoms with Gasteiger partial charge in [-0.25, -0.2) is 4.39 Å². The molecular weight excluding hydrogens is 309 g/mol. The van der Waals surface area contributed by atoms with Crippen LogP contribution in [0.15, 0.2) is 48.5 Å². The number of aliphatic hydroxyl groups excluding tert-OH is 1. The van der Waals surface area contributed by atoms with Gasteiger partial charge in [0.2, 0.25) is 0 Å². The average Bonchev–Trinajstić information content (AvgIpc) is 2.60. The zero-order valence-corrected chi connectivity index (χ0v) is 13.3. The summed E-state index contributed by atoms with van der Waals surface area (Å²) in [6.45, 7) is 1.41. The fraction of sp³-hybridized carbons (Fsp3) is 0.316. The number of benzene rings is 2. The Morgan fingerprint density at radius 3 is 2.67 bits per heavy atom. The first kappa shape index (κ1) is 16.5. The van der Waals surface area contributed by atoms with Crippen molar-refractivity contribution in [1.29, 1.82) is 0 Å². The van der Waals surface area contributed by atoms with Gasteiger partial charge in [0.1, 0.15) is 18.2 Å². The molecule has 0 atom stereocenters. The normalized spacial score (nSPS) is 15.3. The zero-order chi connectivity index (χ0) is 16.9. The molecule has 0 saturated carbocycles. The predicted octanol–water partition coefficient (Wildman–Crippen LogP) is 3.00. The number of hydrogen-bond donors (Lipinski definition) is 1. The van der Waals surface area contributed by atoms with Crippen LogP contribution in [0.3, 0.4) is 0 Å². The summed E-state index contributed by atoms with van der Waals surface area (Å²) in [6, 6.07) is 13.2. The van der Waals surface area contributed by atoms with Crippen LogP contribution in [0.1, 0.15) is 28.8 Å². The van der Waals surface area contributed by atoms with Crippen LogP contribution in [-0.2, 0) is 6.61 Å². The molecule has 24 heavy (non-hydrogen) atoms. The van der Waals surface area contributed by atoms with Gasteiger partial charge < -0.3 is 14.7 Å². The minimum atomic E-state index is -0.344. The SMILES string of the molecule is O=C(c1cccc(COc2cccc(F)c2)c1)N1CCC(O)CC1. The first-order chi connectivity index (χ1) is 11.6. The Balaban J connectivity index is 1.64. The lowest BCUT2D eigenvalue weighted by molar-refractivity contribution is 0.0546. The predicted molar refractivity (Wildman–Crippen MR) is 88.3 cm³/mol. The second kappa shape index (κ2) is 7.45. The summed E-state index contributed by atoms with van der Waals surface area (Å²) >= 11 is 0. The second-order valence-electron chi connectivity index (χ2n) is 5.97. The highest BCUT2D eigenvalue weighted by atomic mass is 19.1. The number of aliphatic hydroxyl groups is 1. The summed E-state index contributed by atoms with van der Waals surface area (Å²) in [6.07, 6.45) is 0.933. The maximum atomic E-state index is 13.1. The summed E-state index contributed by atoms with van der Waals surface area (Å²) in [7, 11) is 0. The maximum Gasteiger partial charge on any atom is 0.253 e. The molecule has 1 amide bonds. The summed E-state index contributed by atoms with van der Waals surface area (Å²) in [4.78, 5) is 14.3. The van der Waals surface area contributed by atoms with Gasteiger partial charge in [-0.1, -0.05) is 18.2 Å². The monoisotopic (exact) mass is 329 g/mol. The molecule has 126 valence electrons. The number of carbonyl (C=O) groups is 1. The molecule has 2 aromatic carbocycles. The van der Waals surface area contributed by atoms with Crippen molar-refractivity contribution in [1.82, 2.24) is 4.90 Å². The molecule has 5 heteroatoms.